The highest BCUT2D eigenvalue weighted by Crippen LogP contribution is 2.21. The first-order chi connectivity index (χ1) is 14.4. The van der Waals surface area contributed by atoms with Crippen molar-refractivity contribution in [2.45, 2.75) is 6.42 Å². The van der Waals surface area contributed by atoms with Gasteiger partial charge in [0.05, 0.1) is 26.4 Å². The number of morpholine rings is 2. The molecule has 0 saturated carbocycles. The molecule has 1 aromatic carbocycles. The number of hydrogen-bond donors (Lipinski definition) is 2. The second kappa shape index (κ2) is 10.4. The van der Waals surface area contributed by atoms with Crippen molar-refractivity contribution in [3.8, 4) is 0 Å². The molecule has 2 aliphatic heterocycles. The Balaban J connectivity index is 1.24. The highest BCUT2D eigenvalue weighted by Gasteiger charge is 2.11. The first kappa shape index (κ1) is 19.9. The monoisotopic (exact) mass is 398 g/mol. The first-order valence-corrected chi connectivity index (χ1v) is 10.4. The fourth-order valence-corrected chi connectivity index (χ4v) is 3.57. The van der Waals surface area contributed by atoms with Gasteiger partial charge >= 0.3 is 0 Å². The lowest BCUT2D eigenvalue weighted by molar-refractivity contribution is 0.0378. The summed E-state index contributed by atoms with van der Waals surface area (Å²) in [4.78, 5) is 13.7. The van der Waals surface area contributed by atoms with E-state index in [2.05, 4.69) is 54.7 Å². The molecule has 2 aliphatic rings. The lowest BCUT2D eigenvalue weighted by Crippen LogP contribution is -2.37. The van der Waals surface area contributed by atoms with Gasteiger partial charge in [-0.1, -0.05) is 0 Å². The molecule has 29 heavy (non-hydrogen) atoms. The summed E-state index contributed by atoms with van der Waals surface area (Å²) in [6.07, 6.45) is 2.86. The van der Waals surface area contributed by atoms with Gasteiger partial charge in [-0.25, -0.2) is 4.98 Å². The van der Waals surface area contributed by atoms with E-state index >= 15 is 0 Å². The first-order valence-electron chi connectivity index (χ1n) is 10.4. The van der Waals surface area contributed by atoms with Crippen molar-refractivity contribution >= 4 is 23.1 Å². The van der Waals surface area contributed by atoms with Crippen LogP contribution in [0.5, 0.6) is 0 Å². The smallest absolute Gasteiger partial charge is 0.229 e. The van der Waals surface area contributed by atoms with Crippen molar-refractivity contribution in [3.63, 3.8) is 0 Å². The lowest BCUT2D eigenvalue weighted by Gasteiger charge is -2.28. The maximum absolute atomic E-state index is 5.42. The van der Waals surface area contributed by atoms with E-state index in [0.717, 1.165) is 83.6 Å². The van der Waals surface area contributed by atoms with Crippen molar-refractivity contribution in [1.29, 1.82) is 0 Å². The Morgan fingerprint density at radius 3 is 2.38 bits per heavy atom. The van der Waals surface area contributed by atoms with Crippen LogP contribution in [-0.2, 0) is 9.47 Å². The number of aromatic nitrogens is 2. The SMILES string of the molecule is c1cc(NCCCN2CCOCC2)nc(Nc2ccc(N3CCOCC3)cc2)n1. The third kappa shape index (κ3) is 6.03. The van der Waals surface area contributed by atoms with Gasteiger partial charge < -0.3 is 25.0 Å². The topological polar surface area (TPSA) is 74.8 Å². The van der Waals surface area contributed by atoms with Crippen LogP contribution in [0.3, 0.4) is 0 Å². The van der Waals surface area contributed by atoms with E-state index in [-0.39, 0.29) is 0 Å². The molecule has 2 aromatic rings. The minimum absolute atomic E-state index is 0.599. The molecule has 4 rings (SSSR count). The average Bonchev–Trinajstić information content (AvgIpc) is 2.79. The van der Waals surface area contributed by atoms with Gasteiger partial charge in [0.15, 0.2) is 0 Å². The molecule has 0 unspecified atom stereocenters. The number of nitrogens with one attached hydrogen (secondary N) is 2. The van der Waals surface area contributed by atoms with E-state index in [1.54, 1.807) is 6.20 Å². The zero-order chi connectivity index (χ0) is 19.7. The Labute approximate surface area is 172 Å². The molecule has 2 N–H and O–H groups in total. The van der Waals surface area contributed by atoms with E-state index in [9.17, 15) is 0 Å². The molecule has 0 amide bonds. The molecule has 0 aliphatic carbocycles. The van der Waals surface area contributed by atoms with Crippen LogP contribution in [0.4, 0.5) is 23.1 Å². The van der Waals surface area contributed by atoms with Gasteiger partial charge in [-0.2, -0.15) is 4.98 Å². The Morgan fingerprint density at radius 1 is 0.897 bits per heavy atom. The molecule has 0 radical (unpaired) electrons. The number of ether oxygens (including phenoxy) is 2. The van der Waals surface area contributed by atoms with E-state index in [4.69, 9.17) is 9.47 Å². The molecular weight excluding hydrogens is 368 g/mol. The van der Waals surface area contributed by atoms with Gasteiger partial charge in [0.2, 0.25) is 5.95 Å². The van der Waals surface area contributed by atoms with E-state index < -0.39 is 0 Å². The predicted octanol–water partition coefficient (Wildman–Crippen LogP) is 2.19. The summed E-state index contributed by atoms with van der Waals surface area (Å²) in [5.74, 6) is 1.44. The molecule has 0 atom stereocenters. The van der Waals surface area contributed by atoms with Crippen LogP contribution >= 0.6 is 0 Å². The van der Waals surface area contributed by atoms with Crippen molar-refractivity contribution in [2.75, 3.05) is 81.2 Å². The summed E-state index contributed by atoms with van der Waals surface area (Å²) in [5.41, 5.74) is 2.20. The molecule has 2 saturated heterocycles. The average molecular weight is 399 g/mol. The van der Waals surface area contributed by atoms with Crippen LogP contribution in [0.25, 0.3) is 0 Å². The maximum atomic E-state index is 5.42. The summed E-state index contributed by atoms with van der Waals surface area (Å²) in [5, 5.41) is 6.68. The van der Waals surface area contributed by atoms with Crippen molar-refractivity contribution in [2.24, 2.45) is 0 Å². The van der Waals surface area contributed by atoms with E-state index in [0.29, 0.717) is 5.95 Å². The maximum Gasteiger partial charge on any atom is 0.229 e. The largest absolute Gasteiger partial charge is 0.379 e. The zero-order valence-corrected chi connectivity index (χ0v) is 16.8. The molecule has 1 aromatic heterocycles. The number of benzene rings is 1. The quantitative estimate of drug-likeness (QED) is 0.656. The summed E-state index contributed by atoms with van der Waals surface area (Å²) >= 11 is 0. The predicted molar refractivity (Wildman–Crippen MR) is 115 cm³/mol. The molecular formula is C21H30N6O2. The van der Waals surface area contributed by atoms with Crippen LogP contribution in [0.15, 0.2) is 36.5 Å². The molecule has 8 heteroatoms. The summed E-state index contributed by atoms with van der Waals surface area (Å²) in [7, 11) is 0. The third-order valence-electron chi connectivity index (χ3n) is 5.22. The van der Waals surface area contributed by atoms with Crippen LogP contribution < -0.4 is 15.5 Å². The van der Waals surface area contributed by atoms with Crippen molar-refractivity contribution < 1.29 is 9.47 Å². The Kier molecular flexibility index (Phi) is 7.12. The summed E-state index contributed by atoms with van der Waals surface area (Å²) < 4.78 is 10.8. The number of hydrogen-bond acceptors (Lipinski definition) is 8. The molecule has 156 valence electrons. The van der Waals surface area contributed by atoms with Crippen molar-refractivity contribution in [3.05, 3.63) is 36.5 Å². The Hall–Kier alpha value is -2.42. The summed E-state index contributed by atoms with van der Waals surface area (Å²) in [6.45, 7) is 9.20. The van der Waals surface area contributed by atoms with Gasteiger partial charge in [0.1, 0.15) is 5.82 Å². The number of nitrogens with zero attached hydrogens (tertiary/aromatic N) is 4. The number of rotatable bonds is 8. The van der Waals surface area contributed by atoms with Gasteiger partial charge in [0.25, 0.3) is 0 Å². The van der Waals surface area contributed by atoms with Crippen LogP contribution in [0, 0.1) is 0 Å². The Bertz CT molecular complexity index is 745. The highest BCUT2D eigenvalue weighted by molar-refractivity contribution is 5.60. The lowest BCUT2D eigenvalue weighted by atomic mass is 10.2. The fraction of sp³-hybridized carbons (Fsp3) is 0.524. The molecule has 8 nitrogen and oxygen atoms in total. The molecule has 0 bridgehead atoms. The third-order valence-corrected chi connectivity index (χ3v) is 5.22. The summed E-state index contributed by atoms with van der Waals surface area (Å²) in [6, 6.07) is 10.3. The van der Waals surface area contributed by atoms with Gasteiger partial charge in [-0.3, -0.25) is 4.90 Å². The van der Waals surface area contributed by atoms with Crippen LogP contribution in [-0.4, -0.2) is 80.6 Å². The molecule has 3 heterocycles. The zero-order valence-electron chi connectivity index (χ0n) is 16.8. The molecule has 0 spiro atoms. The fourth-order valence-electron chi connectivity index (χ4n) is 3.57. The van der Waals surface area contributed by atoms with Gasteiger partial charge in [0, 0.05) is 50.3 Å². The Morgan fingerprint density at radius 2 is 1.62 bits per heavy atom. The van der Waals surface area contributed by atoms with Crippen LogP contribution in [0.1, 0.15) is 6.42 Å². The second-order valence-electron chi connectivity index (χ2n) is 7.27. The van der Waals surface area contributed by atoms with E-state index in [1.165, 1.54) is 5.69 Å². The second-order valence-corrected chi connectivity index (χ2v) is 7.27. The highest BCUT2D eigenvalue weighted by atomic mass is 16.5. The minimum Gasteiger partial charge on any atom is -0.379 e. The van der Waals surface area contributed by atoms with Gasteiger partial charge in [-0.05, 0) is 43.3 Å². The van der Waals surface area contributed by atoms with Crippen molar-refractivity contribution in [1.82, 2.24) is 14.9 Å². The molecule has 2 fully saturated rings. The normalized spacial score (nSPS) is 17.9. The van der Waals surface area contributed by atoms with E-state index in [1.807, 2.05) is 6.07 Å². The van der Waals surface area contributed by atoms with Gasteiger partial charge in [-0.15, -0.1) is 0 Å². The number of anilines is 4. The minimum atomic E-state index is 0.599. The van der Waals surface area contributed by atoms with Crippen LogP contribution in [0.2, 0.25) is 0 Å². The standard InChI is InChI=1S/C21H30N6O2/c1(9-26-10-14-28-15-11-26)7-22-20-6-8-23-21(25-20)24-18-2-4-19(5-3-18)27-12-16-29-17-13-27/h2-6,8H,1,7,9-17H2,(H2,22,23,24,25).